The SMILES string of the molecule is Cc1cc(-c2noc(N)n2)cc(C)n1. The summed E-state index contributed by atoms with van der Waals surface area (Å²) in [5, 5.41) is 3.73. The molecule has 0 fully saturated rings. The highest BCUT2D eigenvalue weighted by molar-refractivity contribution is 5.56. The number of rotatable bonds is 1. The molecule has 0 aliphatic rings. The van der Waals surface area contributed by atoms with E-state index in [0.717, 1.165) is 17.0 Å². The number of nitrogen functional groups attached to an aromatic ring is 1. The van der Waals surface area contributed by atoms with E-state index in [-0.39, 0.29) is 6.01 Å². The number of aryl methyl sites for hydroxylation is 2. The van der Waals surface area contributed by atoms with E-state index < -0.39 is 0 Å². The molecule has 0 saturated heterocycles. The molecule has 5 heteroatoms. The number of aromatic nitrogens is 3. The molecule has 0 spiro atoms. The van der Waals surface area contributed by atoms with Gasteiger partial charge in [-0.05, 0) is 26.0 Å². The highest BCUT2D eigenvalue weighted by atomic mass is 16.5. The van der Waals surface area contributed by atoms with E-state index in [9.17, 15) is 0 Å². The van der Waals surface area contributed by atoms with Gasteiger partial charge in [0.15, 0.2) is 0 Å². The Labute approximate surface area is 81.0 Å². The van der Waals surface area contributed by atoms with E-state index in [1.54, 1.807) is 0 Å². The van der Waals surface area contributed by atoms with Crippen LogP contribution in [-0.2, 0) is 0 Å². The van der Waals surface area contributed by atoms with Crippen LogP contribution in [0, 0.1) is 13.8 Å². The van der Waals surface area contributed by atoms with Gasteiger partial charge >= 0.3 is 6.01 Å². The maximum absolute atomic E-state index is 5.34. The maximum Gasteiger partial charge on any atom is 0.319 e. The Morgan fingerprint density at radius 3 is 2.29 bits per heavy atom. The molecule has 0 unspecified atom stereocenters. The second kappa shape index (κ2) is 3.10. The summed E-state index contributed by atoms with van der Waals surface area (Å²) in [4.78, 5) is 8.18. The molecule has 72 valence electrons. The third-order valence-corrected chi connectivity index (χ3v) is 1.78. The van der Waals surface area contributed by atoms with Crippen molar-refractivity contribution in [2.24, 2.45) is 0 Å². The molecular formula is C9H10N4O. The van der Waals surface area contributed by atoms with Crippen LogP contribution in [0.1, 0.15) is 11.4 Å². The summed E-state index contributed by atoms with van der Waals surface area (Å²) in [5.74, 6) is 0.496. The predicted molar refractivity (Wildman–Crippen MR) is 51.4 cm³/mol. The van der Waals surface area contributed by atoms with Crippen LogP contribution < -0.4 is 5.73 Å². The lowest BCUT2D eigenvalue weighted by atomic mass is 10.2. The molecule has 0 aliphatic heterocycles. The predicted octanol–water partition coefficient (Wildman–Crippen LogP) is 1.33. The monoisotopic (exact) mass is 190 g/mol. The minimum absolute atomic E-state index is 0.0760. The van der Waals surface area contributed by atoms with Crippen LogP contribution in [-0.4, -0.2) is 15.1 Å². The van der Waals surface area contributed by atoms with Gasteiger partial charge in [-0.25, -0.2) is 0 Å². The first kappa shape index (κ1) is 8.68. The highest BCUT2D eigenvalue weighted by Crippen LogP contribution is 2.17. The van der Waals surface area contributed by atoms with Gasteiger partial charge in [-0.3, -0.25) is 4.98 Å². The molecule has 2 aromatic rings. The van der Waals surface area contributed by atoms with Crippen LogP contribution in [0.4, 0.5) is 6.01 Å². The van der Waals surface area contributed by atoms with Crippen molar-refractivity contribution in [3.63, 3.8) is 0 Å². The van der Waals surface area contributed by atoms with Crippen LogP contribution in [0.15, 0.2) is 16.7 Å². The second-order valence-corrected chi connectivity index (χ2v) is 3.09. The van der Waals surface area contributed by atoms with E-state index in [1.165, 1.54) is 0 Å². The van der Waals surface area contributed by atoms with Gasteiger partial charge in [0, 0.05) is 17.0 Å². The van der Waals surface area contributed by atoms with E-state index in [2.05, 4.69) is 15.1 Å². The molecule has 0 bridgehead atoms. The first-order chi connectivity index (χ1) is 6.65. The van der Waals surface area contributed by atoms with Crippen molar-refractivity contribution in [2.45, 2.75) is 13.8 Å². The van der Waals surface area contributed by atoms with Crippen molar-refractivity contribution < 1.29 is 4.52 Å². The molecule has 2 aromatic heterocycles. The van der Waals surface area contributed by atoms with Gasteiger partial charge in [0.2, 0.25) is 5.82 Å². The third-order valence-electron chi connectivity index (χ3n) is 1.78. The minimum atomic E-state index is 0.0760. The zero-order valence-corrected chi connectivity index (χ0v) is 7.98. The fourth-order valence-corrected chi connectivity index (χ4v) is 1.32. The summed E-state index contributed by atoms with van der Waals surface area (Å²) in [7, 11) is 0. The number of anilines is 1. The van der Waals surface area contributed by atoms with Gasteiger partial charge in [0.25, 0.3) is 0 Å². The lowest BCUT2D eigenvalue weighted by Gasteiger charge is -1.98. The van der Waals surface area contributed by atoms with Crippen LogP contribution in [0.2, 0.25) is 0 Å². The Balaban J connectivity index is 2.51. The summed E-state index contributed by atoms with van der Waals surface area (Å²) in [6, 6.07) is 3.85. The molecule has 0 saturated carbocycles. The van der Waals surface area contributed by atoms with Gasteiger partial charge < -0.3 is 10.3 Å². The summed E-state index contributed by atoms with van der Waals surface area (Å²) < 4.78 is 4.69. The zero-order valence-electron chi connectivity index (χ0n) is 7.98. The number of hydrogen-bond acceptors (Lipinski definition) is 5. The normalized spacial score (nSPS) is 10.4. The van der Waals surface area contributed by atoms with E-state index in [1.807, 2.05) is 26.0 Å². The number of pyridine rings is 1. The highest BCUT2D eigenvalue weighted by Gasteiger charge is 2.07. The Morgan fingerprint density at radius 1 is 1.14 bits per heavy atom. The van der Waals surface area contributed by atoms with Crippen molar-refractivity contribution >= 4 is 6.01 Å². The minimum Gasteiger partial charge on any atom is -0.351 e. The molecule has 0 atom stereocenters. The Hall–Kier alpha value is -1.91. The molecule has 2 N–H and O–H groups in total. The first-order valence-corrected chi connectivity index (χ1v) is 4.20. The molecule has 0 aromatic carbocycles. The van der Waals surface area contributed by atoms with Crippen LogP contribution >= 0.6 is 0 Å². The molecule has 0 radical (unpaired) electrons. The van der Waals surface area contributed by atoms with Crippen molar-refractivity contribution in [2.75, 3.05) is 5.73 Å². The standard InChI is InChI=1S/C9H10N4O/c1-5-3-7(4-6(2)11-5)8-12-9(10)14-13-8/h3-4H,1-2H3,(H2,10,12,13). The molecule has 2 rings (SSSR count). The number of hydrogen-bond donors (Lipinski definition) is 1. The summed E-state index contributed by atoms with van der Waals surface area (Å²) in [6.45, 7) is 3.83. The van der Waals surface area contributed by atoms with Crippen LogP contribution in [0.5, 0.6) is 0 Å². The molecule has 14 heavy (non-hydrogen) atoms. The van der Waals surface area contributed by atoms with Gasteiger partial charge in [-0.15, -0.1) is 0 Å². The lowest BCUT2D eigenvalue weighted by molar-refractivity contribution is 0.437. The molecule has 0 amide bonds. The molecular weight excluding hydrogens is 180 g/mol. The maximum atomic E-state index is 5.34. The van der Waals surface area contributed by atoms with Gasteiger partial charge in [0.05, 0.1) is 0 Å². The summed E-state index contributed by atoms with van der Waals surface area (Å²) in [5.41, 5.74) is 8.05. The fraction of sp³-hybridized carbons (Fsp3) is 0.222. The van der Waals surface area contributed by atoms with Gasteiger partial charge in [0.1, 0.15) is 0 Å². The Bertz CT molecular complexity index is 443. The summed E-state index contributed by atoms with van der Waals surface area (Å²) >= 11 is 0. The fourth-order valence-electron chi connectivity index (χ4n) is 1.32. The smallest absolute Gasteiger partial charge is 0.319 e. The zero-order chi connectivity index (χ0) is 10.1. The van der Waals surface area contributed by atoms with Crippen molar-refractivity contribution in [1.29, 1.82) is 0 Å². The Morgan fingerprint density at radius 2 is 1.79 bits per heavy atom. The Kier molecular flexibility index (Phi) is 1.92. The van der Waals surface area contributed by atoms with E-state index in [4.69, 9.17) is 10.3 Å². The summed E-state index contributed by atoms with van der Waals surface area (Å²) in [6.07, 6.45) is 0. The third kappa shape index (κ3) is 1.56. The molecule has 5 nitrogen and oxygen atoms in total. The van der Waals surface area contributed by atoms with Crippen molar-refractivity contribution in [1.82, 2.24) is 15.1 Å². The van der Waals surface area contributed by atoms with Crippen LogP contribution in [0.25, 0.3) is 11.4 Å². The van der Waals surface area contributed by atoms with Crippen molar-refractivity contribution in [3.05, 3.63) is 23.5 Å². The van der Waals surface area contributed by atoms with E-state index in [0.29, 0.717) is 5.82 Å². The van der Waals surface area contributed by atoms with Gasteiger partial charge in [-0.1, -0.05) is 5.16 Å². The first-order valence-electron chi connectivity index (χ1n) is 4.20. The average Bonchev–Trinajstić information content (AvgIpc) is 2.50. The molecule has 2 heterocycles. The van der Waals surface area contributed by atoms with E-state index >= 15 is 0 Å². The average molecular weight is 190 g/mol. The lowest BCUT2D eigenvalue weighted by Crippen LogP contribution is -1.89. The molecule has 0 aliphatic carbocycles. The van der Waals surface area contributed by atoms with Gasteiger partial charge in [-0.2, -0.15) is 4.98 Å². The number of nitrogens with two attached hydrogens (primary N) is 1. The van der Waals surface area contributed by atoms with Crippen LogP contribution in [0.3, 0.4) is 0 Å². The topological polar surface area (TPSA) is 77.8 Å². The van der Waals surface area contributed by atoms with Crippen molar-refractivity contribution in [3.8, 4) is 11.4 Å². The quantitative estimate of drug-likeness (QED) is 0.733. The number of nitrogens with zero attached hydrogens (tertiary/aromatic N) is 3. The largest absolute Gasteiger partial charge is 0.351 e. The second-order valence-electron chi connectivity index (χ2n) is 3.09.